The molecule has 0 atom stereocenters. The van der Waals surface area contributed by atoms with Crippen molar-refractivity contribution in [1.82, 2.24) is 10.1 Å². The van der Waals surface area contributed by atoms with E-state index in [1.165, 1.54) is 0 Å². The molecule has 1 fully saturated rings. The molecule has 0 radical (unpaired) electrons. The van der Waals surface area contributed by atoms with Gasteiger partial charge in [0, 0.05) is 30.1 Å². The van der Waals surface area contributed by atoms with Gasteiger partial charge in [-0.05, 0) is 30.7 Å². The number of hydrogen-bond donors (Lipinski definition) is 0. The maximum Gasteiger partial charge on any atom is 0.232 e. The second-order valence-electron chi connectivity index (χ2n) is 5.77. The first-order valence-corrected chi connectivity index (χ1v) is 6.70. The summed E-state index contributed by atoms with van der Waals surface area (Å²) < 4.78 is 4.97. The van der Waals surface area contributed by atoms with Crippen molar-refractivity contribution < 1.29 is 9.32 Å². The van der Waals surface area contributed by atoms with Gasteiger partial charge in [0.1, 0.15) is 0 Å². The van der Waals surface area contributed by atoms with E-state index in [0.29, 0.717) is 11.7 Å². The number of benzene rings is 1. The zero-order valence-electron chi connectivity index (χ0n) is 11.9. The highest BCUT2D eigenvalue weighted by molar-refractivity contribution is 5.99. The molecule has 5 heteroatoms. The Morgan fingerprint density at radius 3 is 2.45 bits per heavy atom. The van der Waals surface area contributed by atoms with Crippen molar-refractivity contribution in [2.75, 3.05) is 11.4 Å². The Labute approximate surface area is 117 Å². The van der Waals surface area contributed by atoms with Gasteiger partial charge in [-0.2, -0.15) is 4.98 Å². The number of aromatic nitrogens is 2. The molecular weight excluding hydrogens is 254 g/mol. The monoisotopic (exact) mass is 271 g/mol. The summed E-state index contributed by atoms with van der Waals surface area (Å²) in [7, 11) is 0. The second kappa shape index (κ2) is 4.44. The summed E-state index contributed by atoms with van der Waals surface area (Å²) in [4.78, 5) is 18.3. The van der Waals surface area contributed by atoms with Crippen molar-refractivity contribution in [2.45, 2.75) is 27.2 Å². The second-order valence-corrected chi connectivity index (χ2v) is 5.77. The van der Waals surface area contributed by atoms with Crippen LogP contribution in [-0.2, 0) is 4.79 Å². The maximum absolute atomic E-state index is 12.3. The van der Waals surface area contributed by atoms with Crippen molar-refractivity contribution in [2.24, 2.45) is 5.41 Å². The normalized spacial score (nSPS) is 17.8. The average Bonchev–Trinajstić information content (AvgIpc) is 2.96. The molecule has 0 N–H and O–H groups in total. The quantitative estimate of drug-likeness (QED) is 0.842. The van der Waals surface area contributed by atoms with Crippen LogP contribution < -0.4 is 4.90 Å². The van der Waals surface area contributed by atoms with Crippen LogP contribution in [0.5, 0.6) is 0 Å². The van der Waals surface area contributed by atoms with Crippen LogP contribution in [0.25, 0.3) is 11.4 Å². The molecule has 20 heavy (non-hydrogen) atoms. The minimum absolute atomic E-state index is 0.181. The highest BCUT2D eigenvalue weighted by atomic mass is 16.5. The van der Waals surface area contributed by atoms with Crippen molar-refractivity contribution >= 4 is 11.6 Å². The van der Waals surface area contributed by atoms with Crippen molar-refractivity contribution in [1.29, 1.82) is 0 Å². The molecule has 0 spiro atoms. The molecule has 3 rings (SSSR count). The van der Waals surface area contributed by atoms with E-state index in [2.05, 4.69) is 10.1 Å². The van der Waals surface area contributed by atoms with Crippen molar-refractivity contribution in [3.8, 4) is 11.4 Å². The lowest BCUT2D eigenvalue weighted by Gasteiger charge is -2.19. The number of nitrogens with zero attached hydrogens (tertiary/aromatic N) is 3. The first kappa shape index (κ1) is 12.8. The van der Waals surface area contributed by atoms with Gasteiger partial charge in [0.15, 0.2) is 0 Å². The molecule has 5 nitrogen and oxygen atoms in total. The van der Waals surface area contributed by atoms with Crippen LogP contribution in [-0.4, -0.2) is 22.6 Å². The molecule has 104 valence electrons. The summed E-state index contributed by atoms with van der Waals surface area (Å²) in [6.45, 7) is 6.51. The molecule has 0 saturated carbocycles. The summed E-state index contributed by atoms with van der Waals surface area (Å²) in [5, 5.41) is 3.88. The third-order valence-corrected chi connectivity index (χ3v) is 3.75. The van der Waals surface area contributed by atoms with Gasteiger partial charge >= 0.3 is 0 Å². The van der Waals surface area contributed by atoms with Gasteiger partial charge in [-0.15, -0.1) is 0 Å². The van der Waals surface area contributed by atoms with Crippen LogP contribution in [0.2, 0.25) is 0 Å². The van der Waals surface area contributed by atoms with Gasteiger partial charge in [0.05, 0.1) is 0 Å². The molecule has 2 heterocycles. The minimum atomic E-state index is -0.260. The lowest BCUT2D eigenvalue weighted by atomic mass is 9.92. The summed E-state index contributed by atoms with van der Waals surface area (Å²) in [5.74, 6) is 1.29. The molecule has 1 aliphatic heterocycles. The maximum atomic E-state index is 12.3. The largest absolute Gasteiger partial charge is 0.339 e. The van der Waals surface area contributed by atoms with Crippen LogP contribution in [0.15, 0.2) is 28.8 Å². The van der Waals surface area contributed by atoms with E-state index in [-0.39, 0.29) is 11.3 Å². The van der Waals surface area contributed by atoms with Gasteiger partial charge in [-0.25, -0.2) is 0 Å². The van der Waals surface area contributed by atoms with Crippen LogP contribution in [0.4, 0.5) is 5.69 Å². The van der Waals surface area contributed by atoms with Crippen LogP contribution in [0.1, 0.15) is 26.2 Å². The lowest BCUT2D eigenvalue weighted by molar-refractivity contribution is -0.123. The van der Waals surface area contributed by atoms with Gasteiger partial charge in [-0.3, -0.25) is 4.79 Å². The predicted molar refractivity (Wildman–Crippen MR) is 75.2 cm³/mol. The zero-order chi connectivity index (χ0) is 14.3. The fourth-order valence-corrected chi connectivity index (χ4v) is 2.42. The number of rotatable bonds is 2. The van der Waals surface area contributed by atoms with Gasteiger partial charge in [0.25, 0.3) is 0 Å². The summed E-state index contributed by atoms with van der Waals surface area (Å²) in [6.07, 6.45) is 0.887. The summed E-state index contributed by atoms with van der Waals surface area (Å²) >= 11 is 0. The number of carbonyl (C=O) groups is 1. The average molecular weight is 271 g/mol. The molecule has 0 aliphatic carbocycles. The van der Waals surface area contributed by atoms with E-state index >= 15 is 0 Å². The molecule has 0 unspecified atom stereocenters. The molecule has 1 amide bonds. The molecule has 2 aromatic rings. The van der Waals surface area contributed by atoms with Crippen molar-refractivity contribution in [3.05, 3.63) is 30.2 Å². The van der Waals surface area contributed by atoms with E-state index in [1.807, 2.05) is 43.0 Å². The third kappa shape index (κ3) is 2.09. The number of amides is 1. The fourth-order valence-electron chi connectivity index (χ4n) is 2.42. The van der Waals surface area contributed by atoms with Crippen LogP contribution in [0, 0.1) is 12.3 Å². The molecule has 1 saturated heterocycles. The van der Waals surface area contributed by atoms with Crippen LogP contribution in [0.3, 0.4) is 0 Å². The minimum Gasteiger partial charge on any atom is -0.339 e. The number of aryl methyl sites for hydroxylation is 1. The van der Waals surface area contributed by atoms with E-state index in [0.717, 1.165) is 24.2 Å². The molecule has 1 aromatic heterocycles. The first-order chi connectivity index (χ1) is 9.47. The third-order valence-electron chi connectivity index (χ3n) is 3.75. The fraction of sp³-hybridized carbons (Fsp3) is 0.400. The SMILES string of the molecule is Cc1nc(-c2ccc(N3CCC(C)(C)C3=O)cc2)no1. The van der Waals surface area contributed by atoms with E-state index in [1.54, 1.807) is 6.92 Å². The summed E-state index contributed by atoms with van der Waals surface area (Å²) in [6, 6.07) is 7.69. The molecule has 1 aliphatic rings. The molecular formula is C15H17N3O2. The Balaban J connectivity index is 1.85. The van der Waals surface area contributed by atoms with Crippen molar-refractivity contribution in [3.63, 3.8) is 0 Å². The molecule has 0 bridgehead atoms. The number of hydrogen-bond acceptors (Lipinski definition) is 4. The lowest BCUT2D eigenvalue weighted by Crippen LogP contribution is -2.30. The standard InChI is InChI=1S/C15H17N3O2/c1-10-16-13(17-20-10)11-4-6-12(7-5-11)18-9-8-15(2,3)14(18)19/h4-7H,8-9H2,1-3H3. The Morgan fingerprint density at radius 1 is 1.25 bits per heavy atom. The first-order valence-electron chi connectivity index (χ1n) is 6.70. The Hall–Kier alpha value is -2.17. The number of anilines is 1. The Bertz CT molecular complexity index is 643. The highest BCUT2D eigenvalue weighted by Gasteiger charge is 2.39. The van der Waals surface area contributed by atoms with Gasteiger partial charge in [0.2, 0.25) is 17.6 Å². The topological polar surface area (TPSA) is 59.2 Å². The van der Waals surface area contributed by atoms with Gasteiger partial charge in [-0.1, -0.05) is 19.0 Å². The Morgan fingerprint density at radius 2 is 1.95 bits per heavy atom. The van der Waals surface area contributed by atoms with Crippen LogP contribution >= 0.6 is 0 Å². The Kier molecular flexibility index (Phi) is 2.85. The van der Waals surface area contributed by atoms with Gasteiger partial charge < -0.3 is 9.42 Å². The summed E-state index contributed by atoms with van der Waals surface area (Å²) in [5.41, 5.74) is 1.55. The predicted octanol–water partition coefficient (Wildman–Crippen LogP) is 2.81. The smallest absolute Gasteiger partial charge is 0.232 e. The number of carbonyl (C=O) groups excluding carboxylic acids is 1. The highest BCUT2D eigenvalue weighted by Crippen LogP contribution is 2.34. The van der Waals surface area contributed by atoms with E-state index < -0.39 is 0 Å². The zero-order valence-corrected chi connectivity index (χ0v) is 11.9. The molecule has 1 aromatic carbocycles. The van der Waals surface area contributed by atoms with E-state index in [4.69, 9.17) is 4.52 Å². The van der Waals surface area contributed by atoms with E-state index in [9.17, 15) is 4.79 Å².